The van der Waals surface area contributed by atoms with E-state index in [1.54, 1.807) is 0 Å². The second kappa shape index (κ2) is 7.94. The summed E-state index contributed by atoms with van der Waals surface area (Å²) in [6.45, 7) is 10.8. The molecule has 0 fully saturated rings. The topological polar surface area (TPSA) is 17.1 Å². The van der Waals surface area contributed by atoms with Crippen molar-refractivity contribution in [2.24, 2.45) is 5.41 Å². The van der Waals surface area contributed by atoms with E-state index in [0.29, 0.717) is 0 Å². The molecule has 0 N–H and O–H groups in total. The van der Waals surface area contributed by atoms with Gasteiger partial charge in [-0.25, -0.2) is 4.21 Å². The first-order valence-electron chi connectivity index (χ1n) is 8.58. The molecular formula is C22H28OS. The van der Waals surface area contributed by atoms with Crippen molar-refractivity contribution in [3.63, 3.8) is 0 Å². The molecule has 2 aromatic rings. The summed E-state index contributed by atoms with van der Waals surface area (Å²) in [7, 11) is -1.15. The van der Waals surface area contributed by atoms with Gasteiger partial charge in [0.2, 0.25) is 0 Å². The van der Waals surface area contributed by atoms with E-state index in [0.717, 1.165) is 16.2 Å². The van der Waals surface area contributed by atoms with Gasteiger partial charge in [-0.15, -0.1) is 0 Å². The van der Waals surface area contributed by atoms with Crippen LogP contribution in [0.15, 0.2) is 70.5 Å². The molecule has 0 aliphatic rings. The molecule has 0 amide bonds. The van der Waals surface area contributed by atoms with E-state index < -0.39 is 10.8 Å². The number of allylic oxidation sites excluding steroid dienone is 2. The van der Waals surface area contributed by atoms with E-state index >= 15 is 0 Å². The highest BCUT2D eigenvalue weighted by atomic mass is 32.2. The lowest BCUT2D eigenvalue weighted by Gasteiger charge is -2.33. The van der Waals surface area contributed by atoms with E-state index in [1.807, 2.05) is 30.3 Å². The Hall–Kier alpha value is -1.67. The van der Waals surface area contributed by atoms with Gasteiger partial charge < -0.3 is 0 Å². The zero-order chi connectivity index (χ0) is 17.7. The predicted octanol–water partition coefficient (Wildman–Crippen LogP) is 6.23. The standard InChI is InChI=1S/C22H28OS/c1-6-10-20(24(23)19-15-13-17(2)14-16-19)21(22(3,4)5)18-11-8-7-9-12-18/h7-16,21H,6H2,1-5H3/b20-10+/t21-,24-/m0/s1. The molecule has 0 radical (unpaired) electrons. The molecule has 2 heteroatoms. The maximum atomic E-state index is 13.4. The van der Waals surface area contributed by atoms with Crippen molar-refractivity contribution in [3.8, 4) is 0 Å². The van der Waals surface area contributed by atoms with Gasteiger partial charge in [-0.05, 0) is 36.5 Å². The third kappa shape index (κ3) is 4.45. The fraction of sp³-hybridized carbons (Fsp3) is 0.364. The van der Waals surface area contributed by atoms with Crippen molar-refractivity contribution in [1.82, 2.24) is 0 Å². The van der Waals surface area contributed by atoms with Gasteiger partial charge >= 0.3 is 0 Å². The number of benzene rings is 2. The van der Waals surface area contributed by atoms with Gasteiger partial charge in [0.05, 0.1) is 10.8 Å². The molecule has 0 aliphatic carbocycles. The van der Waals surface area contributed by atoms with Crippen LogP contribution in [0.2, 0.25) is 0 Å². The van der Waals surface area contributed by atoms with Crippen LogP contribution in [0.1, 0.15) is 51.2 Å². The highest BCUT2D eigenvalue weighted by Gasteiger charge is 2.32. The van der Waals surface area contributed by atoms with Gasteiger partial charge in [0.25, 0.3) is 0 Å². The Balaban J connectivity index is 2.52. The van der Waals surface area contributed by atoms with Crippen molar-refractivity contribution in [2.75, 3.05) is 0 Å². The molecule has 0 saturated heterocycles. The zero-order valence-corrected chi connectivity index (χ0v) is 16.2. The minimum absolute atomic E-state index is 0.0112. The molecule has 0 spiro atoms. The molecule has 0 aliphatic heterocycles. The van der Waals surface area contributed by atoms with E-state index in [1.165, 1.54) is 11.1 Å². The first-order valence-corrected chi connectivity index (χ1v) is 9.73. The molecule has 0 unspecified atom stereocenters. The number of hydrogen-bond acceptors (Lipinski definition) is 1. The molecule has 2 aromatic carbocycles. The van der Waals surface area contributed by atoms with E-state index in [9.17, 15) is 4.21 Å². The average molecular weight is 341 g/mol. The van der Waals surface area contributed by atoms with Crippen LogP contribution in [0.3, 0.4) is 0 Å². The number of aryl methyl sites for hydroxylation is 1. The van der Waals surface area contributed by atoms with Crippen LogP contribution in [-0.4, -0.2) is 4.21 Å². The van der Waals surface area contributed by atoms with Gasteiger partial charge in [-0.2, -0.15) is 0 Å². The molecule has 2 atom stereocenters. The molecule has 0 aromatic heterocycles. The first kappa shape index (κ1) is 18.7. The van der Waals surface area contributed by atoms with Crippen LogP contribution in [0.5, 0.6) is 0 Å². The number of rotatable bonds is 5. The molecule has 1 nitrogen and oxygen atoms in total. The van der Waals surface area contributed by atoms with Crippen LogP contribution < -0.4 is 0 Å². The third-order valence-electron chi connectivity index (χ3n) is 4.14. The minimum atomic E-state index is -1.15. The summed E-state index contributed by atoms with van der Waals surface area (Å²) in [4.78, 5) is 1.89. The quantitative estimate of drug-likeness (QED) is 0.631. The second-order valence-corrected chi connectivity index (χ2v) is 8.79. The summed E-state index contributed by atoms with van der Waals surface area (Å²) in [5.41, 5.74) is 2.40. The molecule has 0 saturated carbocycles. The molecule has 24 heavy (non-hydrogen) atoms. The second-order valence-electron chi connectivity index (χ2n) is 7.31. The number of hydrogen-bond donors (Lipinski definition) is 0. The largest absolute Gasteiger partial charge is 0.249 e. The van der Waals surface area contributed by atoms with E-state index in [4.69, 9.17) is 0 Å². The molecule has 0 bridgehead atoms. The van der Waals surface area contributed by atoms with Crippen LogP contribution in [0, 0.1) is 12.3 Å². The first-order chi connectivity index (χ1) is 11.3. The Morgan fingerprint density at radius 2 is 1.62 bits per heavy atom. The Kier molecular flexibility index (Phi) is 6.17. The predicted molar refractivity (Wildman–Crippen MR) is 105 cm³/mol. The lowest BCUT2D eigenvalue weighted by atomic mass is 9.76. The summed E-state index contributed by atoms with van der Waals surface area (Å²) in [6, 6.07) is 18.5. The highest BCUT2D eigenvalue weighted by molar-refractivity contribution is 7.89. The van der Waals surface area contributed by atoms with Crippen LogP contribution in [0.4, 0.5) is 0 Å². The Morgan fingerprint density at radius 1 is 1.04 bits per heavy atom. The van der Waals surface area contributed by atoms with Crippen molar-refractivity contribution in [2.45, 2.75) is 51.9 Å². The molecule has 2 rings (SSSR count). The molecule has 0 heterocycles. The van der Waals surface area contributed by atoms with Crippen LogP contribution in [0.25, 0.3) is 0 Å². The smallest absolute Gasteiger partial charge is 0.0811 e. The molecule has 128 valence electrons. The van der Waals surface area contributed by atoms with Gasteiger partial charge in [0.1, 0.15) is 0 Å². The summed E-state index contributed by atoms with van der Waals surface area (Å²) in [5, 5.41) is 0. The van der Waals surface area contributed by atoms with Crippen molar-refractivity contribution >= 4 is 10.8 Å². The Bertz CT molecular complexity index is 706. The maximum absolute atomic E-state index is 13.4. The van der Waals surface area contributed by atoms with Gasteiger partial charge in [0, 0.05) is 15.7 Å². The van der Waals surface area contributed by atoms with Crippen molar-refractivity contribution in [1.29, 1.82) is 0 Å². The van der Waals surface area contributed by atoms with Crippen LogP contribution >= 0.6 is 0 Å². The van der Waals surface area contributed by atoms with Gasteiger partial charge in [-0.3, -0.25) is 0 Å². The minimum Gasteiger partial charge on any atom is -0.249 e. The normalized spacial score (nSPS) is 15.1. The molecular weight excluding hydrogens is 312 g/mol. The fourth-order valence-electron chi connectivity index (χ4n) is 3.04. The summed E-state index contributed by atoms with van der Waals surface area (Å²) in [6.07, 6.45) is 3.03. The lowest BCUT2D eigenvalue weighted by molar-refractivity contribution is 0.361. The summed E-state index contributed by atoms with van der Waals surface area (Å²) < 4.78 is 13.4. The van der Waals surface area contributed by atoms with Crippen LogP contribution in [-0.2, 0) is 10.8 Å². The SMILES string of the molecule is CC/C=C(\[C@H](c1ccccc1)C(C)(C)C)[S@@](=O)c1ccc(C)cc1. The fourth-order valence-corrected chi connectivity index (χ4v) is 4.71. The van der Waals surface area contributed by atoms with E-state index in [2.05, 4.69) is 65.0 Å². The van der Waals surface area contributed by atoms with Crippen molar-refractivity contribution in [3.05, 3.63) is 76.7 Å². The Morgan fingerprint density at radius 3 is 2.12 bits per heavy atom. The lowest BCUT2D eigenvalue weighted by Crippen LogP contribution is -2.23. The van der Waals surface area contributed by atoms with E-state index in [-0.39, 0.29) is 11.3 Å². The Labute approximate surface area is 149 Å². The summed E-state index contributed by atoms with van der Waals surface area (Å²) in [5.74, 6) is 0.126. The monoisotopic (exact) mass is 340 g/mol. The summed E-state index contributed by atoms with van der Waals surface area (Å²) >= 11 is 0. The van der Waals surface area contributed by atoms with Gasteiger partial charge in [-0.1, -0.05) is 81.8 Å². The average Bonchev–Trinajstić information content (AvgIpc) is 2.54. The highest BCUT2D eigenvalue weighted by Crippen LogP contribution is 2.43. The van der Waals surface area contributed by atoms with Crippen molar-refractivity contribution < 1.29 is 4.21 Å². The zero-order valence-electron chi connectivity index (χ0n) is 15.4. The maximum Gasteiger partial charge on any atom is 0.0811 e. The third-order valence-corrected chi connectivity index (χ3v) is 5.67. The van der Waals surface area contributed by atoms with Gasteiger partial charge in [0.15, 0.2) is 0 Å².